The topological polar surface area (TPSA) is 51.2 Å². The molecule has 4 aliphatic rings. The first-order chi connectivity index (χ1) is 12.7. The quantitative estimate of drug-likeness (QED) is 0.742. The first-order valence-electron chi connectivity index (χ1n) is 9.62. The molecule has 0 atom stereocenters. The second kappa shape index (κ2) is 6.38. The number of aromatic nitrogens is 1. The zero-order valence-electron chi connectivity index (χ0n) is 14.8. The van der Waals surface area contributed by atoms with E-state index in [1.807, 2.05) is 35.7 Å². The van der Waals surface area contributed by atoms with E-state index in [0.29, 0.717) is 0 Å². The third-order valence-electron chi connectivity index (χ3n) is 6.40. The van der Waals surface area contributed by atoms with Gasteiger partial charge in [-0.1, -0.05) is 18.2 Å². The van der Waals surface area contributed by atoms with Crippen molar-refractivity contribution in [2.45, 2.75) is 45.1 Å². The smallest absolute Gasteiger partial charge is 0.312 e. The molecule has 0 radical (unpaired) electrons. The van der Waals surface area contributed by atoms with Crippen molar-refractivity contribution in [3.05, 3.63) is 41.4 Å². The van der Waals surface area contributed by atoms with E-state index in [-0.39, 0.29) is 18.0 Å². The van der Waals surface area contributed by atoms with E-state index in [4.69, 9.17) is 4.74 Å². The number of carbonyl (C=O) groups excluding carboxylic acids is 1. The van der Waals surface area contributed by atoms with Crippen LogP contribution in [-0.4, -0.2) is 11.0 Å². The largest absolute Gasteiger partial charge is 0.459 e. The lowest BCUT2D eigenvalue weighted by atomic mass is 9.49. The van der Waals surface area contributed by atoms with E-state index in [1.54, 1.807) is 11.3 Å². The highest BCUT2D eigenvalue weighted by atomic mass is 32.1. The number of hydrogen-bond donors (Lipinski definition) is 1. The van der Waals surface area contributed by atoms with Gasteiger partial charge in [-0.3, -0.25) is 4.79 Å². The zero-order valence-corrected chi connectivity index (χ0v) is 15.6. The Bertz CT molecular complexity index is 766. The number of benzene rings is 1. The molecule has 0 aliphatic heterocycles. The summed E-state index contributed by atoms with van der Waals surface area (Å²) in [6.07, 6.45) is 7.18. The highest BCUT2D eigenvalue weighted by molar-refractivity contribution is 7.13. The molecule has 0 amide bonds. The minimum atomic E-state index is -0.185. The molecule has 6 rings (SSSR count). The van der Waals surface area contributed by atoms with Gasteiger partial charge in [-0.05, 0) is 68.4 Å². The molecule has 0 spiro atoms. The maximum atomic E-state index is 12.9. The molecule has 0 saturated heterocycles. The molecule has 4 saturated carbocycles. The zero-order chi connectivity index (χ0) is 17.6. The number of para-hydroxylation sites is 1. The van der Waals surface area contributed by atoms with Crippen LogP contribution in [0.3, 0.4) is 0 Å². The summed E-state index contributed by atoms with van der Waals surface area (Å²) in [7, 11) is 0. The molecular formula is C21H24N2O2S. The number of hydrogen-bond acceptors (Lipinski definition) is 5. The van der Waals surface area contributed by atoms with Gasteiger partial charge < -0.3 is 10.1 Å². The van der Waals surface area contributed by atoms with Gasteiger partial charge in [0.1, 0.15) is 6.61 Å². The van der Waals surface area contributed by atoms with E-state index < -0.39 is 0 Å². The first kappa shape index (κ1) is 16.3. The Morgan fingerprint density at radius 2 is 1.77 bits per heavy atom. The number of thiazole rings is 1. The first-order valence-corrected chi connectivity index (χ1v) is 10.5. The summed E-state index contributed by atoms with van der Waals surface area (Å²) < 4.78 is 5.75. The van der Waals surface area contributed by atoms with Crippen molar-refractivity contribution in [3.63, 3.8) is 0 Å². The van der Waals surface area contributed by atoms with Crippen LogP contribution in [0.4, 0.5) is 10.8 Å². The summed E-state index contributed by atoms with van der Waals surface area (Å²) in [5.74, 6) is 2.31. The van der Waals surface area contributed by atoms with Crippen LogP contribution in [0.25, 0.3) is 0 Å². The van der Waals surface area contributed by atoms with Gasteiger partial charge in [0, 0.05) is 11.1 Å². The summed E-state index contributed by atoms with van der Waals surface area (Å²) >= 11 is 1.54. The average molecular weight is 369 g/mol. The molecule has 136 valence electrons. The van der Waals surface area contributed by atoms with Crippen LogP contribution < -0.4 is 5.32 Å². The van der Waals surface area contributed by atoms with Crippen LogP contribution in [0.2, 0.25) is 0 Å². The summed E-state index contributed by atoms with van der Waals surface area (Å²) in [5.41, 5.74) is 1.65. The van der Waals surface area contributed by atoms with Gasteiger partial charge in [0.25, 0.3) is 0 Å². The molecular weight excluding hydrogens is 344 g/mol. The minimum Gasteiger partial charge on any atom is -0.459 e. The molecule has 4 fully saturated rings. The molecule has 1 aromatic carbocycles. The van der Waals surface area contributed by atoms with E-state index in [9.17, 15) is 4.79 Å². The molecule has 4 nitrogen and oxygen atoms in total. The van der Waals surface area contributed by atoms with Crippen molar-refractivity contribution in [1.29, 1.82) is 0 Å². The predicted octanol–water partition coefficient (Wildman–Crippen LogP) is 5.15. The molecule has 1 N–H and O–H groups in total. The normalized spacial score (nSPS) is 31.8. The lowest BCUT2D eigenvalue weighted by Crippen LogP contribution is -2.50. The van der Waals surface area contributed by atoms with E-state index >= 15 is 0 Å². The Balaban J connectivity index is 1.21. The Labute approximate surface area is 158 Å². The number of ether oxygens (including phenoxy) is 1. The molecule has 2 aromatic rings. The molecule has 0 unspecified atom stereocenters. The van der Waals surface area contributed by atoms with Crippen LogP contribution in [0.5, 0.6) is 0 Å². The summed E-state index contributed by atoms with van der Waals surface area (Å²) in [6.45, 7) is 0.285. The van der Waals surface area contributed by atoms with Gasteiger partial charge in [-0.15, -0.1) is 11.3 Å². The maximum absolute atomic E-state index is 12.9. The fourth-order valence-electron chi connectivity index (χ4n) is 5.73. The van der Waals surface area contributed by atoms with Crippen molar-refractivity contribution in [3.8, 4) is 0 Å². The van der Waals surface area contributed by atoms with Gasteiger partial charge in [0.05, 0.1) is 11.1 Å². The number of nitrogens with one attached hydrogen (secondary N) is 1. The van der Waals surface area contributed by atoms with E-state index in [2.05, 4.69) is 10.3 Å². The average Bonchev–Trinajstić information content (AvgIpc) is 3.07. The van der Waals surface area contributed by atoms with Crippen LogP contribution in [0.1, 0.15) is 44.2 Å². The Kier molecular flexibility index (Phi) is 4.00. The number of rotatable bonds is 5. The van der Waals surface area contributed by atoms with Gasteiger partial charge >= 0.3 is 5.97 Å². The maximum Gasteiger partial charge on any atom is 0.312 e. The Morgan fingerprint density at radius 3 is 2.42 bits per heavy atom. The molecule has 5 heteroatoms. The van der Waals surface area contributed by atoms with Crippen molar-refractivity contribution >= 4 is 28.1 Å². The number of anilines is 2. The number of nitrogens with zero attached hydrogens (tertiary/aromatic N) is 1. The molecule has 4 bridgehead atoms. The van der Waals surface area contributed by atoms with Gasteiger partial charge in [-0.25, -0.2) is 4.98 Å². The Hall–Kier alpha value is -1.88. The van der Waals surface area contributed by atoms with Gasteiger partial charge in [0.15, 0.2) is 5.13 Å². The van der Waals surface area contributed by atoms with E-state index in [0.717, 1.165) is 53.5 Å². The SMILES string of the molecule is O=C(OCc1csc(Nc2ccccc2)n1)C12CC3CC(CC(C3)C1)C2. The summed E-state index contributed by atoms with van der Waals surface area (Å²) in [4.78, 5) is 17.5. The van der Waals surface area contributed by atoms with Crippen LogP contribution >= 0.6 is 11.3 Å². The molecule has 1 heterocycles. The highest BCUT2D eigenvalue weighted by Crippen LogP contribution is 2.60. The molecule has 26 heavy (non-hydrogen) atoms. The van der Waals surface area contributed by atoms with Crippen molar-refractivity contribution in [2.75, 3.05) is 5.32 Å². The van der Waals surface area contributed by atoms with Crippen LogP contribution in [0, 0.1) is 23.2 Å². The Morgan fingerprint density at radius 1 is 1.12 bits per heavy atom. The standard InChI is InChI=1S/C21H24N2O2S/c24-19(21-9-14-6-15(10-21)8-16(7-14)11-21)25-12-18-13-26-20(23-18)22-17-4-2-1-3-5-17/h1-5,13-16H,6-12H2,(H,22,23). The van der Waals surface area contributed by atoms with Gasteiger partial charge in [-0.2, -0.15) is 0 Å². The van der Waals surface area contributed by atoms with Crippen LogP contribution in [0.15, 0.2) is 35.7 Å². The van der Waals surface area contributed by atoms with Crippen molar-refractivity contribution < 1.29 is 9.53 Å². The number of carbonyl (C=O) groups is 1. The van der Waals surface area contributed by atoms with Crippen molar-refractivity contribution in [1.82, 2.24) is 4.98 Å². The predicted molar refractivity (Wildman–Crippen MR) is 102 cm³/mol. The lowest BCUT2D eigenvalue weighted by molar-refractivity contribution is -0.173. The lowest BCUT2D eigenvalue weighted by Gasteiger charge is -2.55. The van der Waals surface area contributed by atoms with Gasteiger partial charge in [0.2, 0.25) is 0 Å². The van der Waals surface area contributed by atoms with Crippen LogP contribution in [-0.2, 0) is 16.1 Å². The third kappa shape index (κ3) is 3.02. The minimum absolute atomic E-state index is 0.0298. The summed E-state index contributed by atoms with van der Waals surface area (Å²) in [5, 5.41) is 6.09. The van der Waals surface area contributed by atoms with E-state index in [1.165, 1.54) is 19.3 Å². The summed E-state index contributed by atoms with van der Waals surface area (Å²) in [6, 6.07) is 9.98. The fraction of sp³-hybridized carbons (Fsp3) is 0.524. The van der Waals surface area contributed by atoms with Crippen molar-refractivity contribution in [2.24, 2.45) is 23.2 Å². The second-order valence-corrected chi connectivity index (χ2v) is 9.27. The molecule has 4 aliphatic carbocycles. The molecule has 1 aromatic heterocycles. The second-order valence-electron chi connectivity index (χ2n) is 8.41. The number of esters is 1. The fourth-order valence-corrected chi connectivity index (χ4v) is 6.44. The monoisotopic (exact) mass is 368 g/mol. The highest BCUT2D eigenvalue weighted by Gasteiger charge is 2.55. The third-order valence-corrected chi connectivity index (χ3v) is 7.21.